The highest BCUT2D eigenvalue weighted by Gasteiger charge is 2.35. The molecule has 10 heteroatoms. The summed E-state index contributed by atoms with van der Waals surface area (Å²) in [5, 5.41) is 8.31. The number of aromatic nitrogens is 3. The van der Waals surface area contributed by atoms with Crippen LogP contribution < -0.4 is 0 Å². The SMILES string of the molecule is CC(c1ccc(Cl)cc1C(F)(F)F)n1nnc2ccc(C3=CCN(C(=O)OC(C)(C)C)CC3)cc21. The maximum atomic E-state index is 13.7. The van der Waals surface area contributed by atoms with E-state index in [9.17, 15) is 18.0 Å². The Hall–Kier alpha value is -3.07. The first-order valence-electron chi connectivity index (χ1n) is 11.2. The van der Waals surface area contributed by atoms with Gasteiger partial charge in [0.1, 0.15) is 11.1 Å². The molecule has 35 heavy (non-hydrogen) atoms. The molecule has 1 atom stereocenters. The maximum absolute atomic E-state index is 13.7. The zero-order chi connectivity index (χ0) is 25.5. The molecule has 4 rings (SSSR count). The van der Waals surface area contributed by atoms with Crippen molar-refractivity contribution in [2.45, 2.75) is 51.9 Å². The fourth-order valence-electron chi connectivity index (χ4n) is 4.12. The summed E-state index contributed by atoms with van der Waals surface area (Å²) in [5.74, 6) is 0. The number of ether oxygens (including phenoxy) is 1. The molecule has 1 aliphatic heterocycles. The van der Waals surface area contributed by atoms with Crippen molar-refractivity contribution in [3.63, 3.8) is 0 Å². The second-order valence-electron chi connectivity index (χ2n) is 9.55. The van der Waals surface area contributed by atoms with Crippen LogP contribution in [0.15, 0.2) is 42.5 Å². The van der Waals surface area contributed by atoms with Gasteiger partial charge in [-0.05, 0) is 75.1 Å². The van der Waals surface area contributed by atoms with Gasteiger partial charge in [-0.2, -0.15) is 13.2 Å². The van der Waals surface area contributed by atoms with Gasteiger partial charge in [0, 0.05) is 18.1 Å². The second-order valence-corrected chi connectivity index (χ2v) is 9.98. The number of fused-ring (bicyclic) bond motifs is 1. The van der Waals surface area contributed by atoms with Crippen molar-refractivity contribution in [3.05, 3.63) is 64.2 Å². The van der Waals surface area contributed by atoms with Crippen molar-refractivity contribution < 1.29 is 22.7 Å². The van der Waals surface area contributed by atoms with E-state index in [1.54, 1.807) is 17.9 Å². The zero-order valence-electron chi connectivity index (χ0n) is 19.9. The van der Waals surface area contributed by atoms with E-state index < -0.39 is 23.4 Å². The Morgan fingerprint density at radius 3 is 2.51 bits per heavy atom. The molecule has 0 saturated heterocycles. The van der Waals surface area contributed by atoms with Gasteiger partial charge in [-0.1, -0.05) is 35.0 Å². The molecule has 0 fully saturated rings. The largest absolute Gasteiger partial charge is 0.444 e. The molecule has 0 saturated carbocycles. The fourth-order valence-corrected chi connectivity index (χ4v) is 4.29. The molecule has 2 heterocycles. The van der Waals surface area contributed by atoms with E-state index in [0.717, 1.165) is 17.2 Å². The summed E-state index contributed by atoms with van der Waals surface area (Å²) in [6.07, 6.45) is -2.32. The number of rotatable bonds is 3. The summed E-state index contributed by atoms with van der Waals surface area (Å²) in [6, 6.07) is 8.61. The predicted octanol–water partition coefficient (Wildman–Crippen LogP) is 6.74. The Kier molecular flexibility index (Phi) is 6.57. The van der Waals surface area contributed by atoms with Crippen molar-refractivity contribution in [2.24, 2.45) is 0 Å². The Morgan fingerprint density at radius 1 is 1.14 bits per heavy atom. The lowest BCUT2D eigenvalue weighted by molar-refractivity contribution is -0.138. The molecule has 1 aromatic heterocycles. The van der Waals surface area contributed by atoms with Gasteiger partial charge in [0.2, 0.25) is 0 Å². The van der Waals surface area contributed by atoms with Gasteiger partial charge in [0.25, 0.3) is 0 Å². The second kappa shape index (κ2) is 9.18. The fraction of sp³-hybridized carbons (Fsp3) is 0.400. The van der Waals surface area contributed by atoms with Crippen molar-refractivity contribution in [1.29, 1.82) is 0 Å². The van der Waals surface area contributed by atoms with Crippen LogP contribution >= 0.6 is 11.6 Å². The summed E-state index contributed by atoms with van der Waals surface area (Å²) in [4.78, 5) is 14.0. The van der Waals surface area contributed by atoms with E-state index in [4.69, 9.17) is 16.3 Å². The van der Waals surface area contributed by atoms with Gasteiger partial charge in [-0.25, -0.2) is 9.48 Å². The van der Waals surface area contributed by atoms with Gasteiger partial charge in [0.05, 0.1) is 17.1 Å². The Balaban J connectivity index is 1.63. The first-order chi connectivity index (χ1) is 16.3. The smallest absolute Gasteiger partial charge is 0.416 e. The number of nitrogens with zero attached hydrogens (tertiary/aromatic N) is 4. The van der Waals surface area contributed by atoms with Crippen LogP contribution in [0.2, 0.25) is 5.02 Å². The average Bonchev–Trinajstić information content (AvgIpc) is 3.20. The molecule has 0 aliphatic carbocycles. The molecular weight excluding hydrogens is 481 g/mol. The highest BCUT2D eigenvalue weighted by molar-refractivity contribution is 6.30. The standard InChI is InChI=1S/C25H26ClF3N4O2/c1-15(19-7-6-18(26)14-20(19)25(27,28)29)33-22-13-17(5-8-21(22)30-31-33)16-9-11-32(12-10-16)23(34)35-24(2,3)4/h5-9,13-15H,10-12H2,1-4H3. The Labute approximate surface area is 206 Å². The minimum Gasteiger partial charge on any atom is -0.444 e. The van der Waals surface area contributed by atoms with Gasteiger partial charge in [-0.3, -0.25) is 0 Å². The molecule has 1 amide bonds. The van der Waals surface area contributed by atoms with Crippen LogP contribution in [0, 0.1) is 0 Å². The minimum atomic E-state index is -4.55. The lowest BCUT2D eigenvalue weighted by atomic mass is 9.98. The molecule has 186 valence electrons. The van der Waals surface area contributed by atoms with Crippen LogP contribution in [0.4, 0.5) is 18.0 Å². The highest BCUT2D eigenvalue weighted by Crippen LogP contribution is 2.38. The normalized spacial score (nSPS) is 15.8. The number of carbonyl (C=O) groups excluding carboxylic acids is 1. The first kappa shape index (κ1) is 25.0. The van der Waals surface area contributed by atoms with Gasteiger partial charge >= 0.3 is 12.3 Å². The van der Waals surface area contributed by atoms with Crippen LogP contribution in [-0.4, -0.2) is 44.7 Å². The molecule has 0 N–H and O–H groups in total. The predicted molar refractivity (Wildman–Crippen MR) is 128 cm³/mol. The van der Waals surface area contributed by atoms with Crippen molar-refractivity contribution in [3.8, 4) is 0 Å². The molecule has 0 radical (unpaired) electrons. The third kappa shape index (κ3) is 5.45. The van der Waals surface area contributed by atoms with E-state index >= 15 is 0 Å². The third-order valence-electron chi connectivity index (χ3n) is 5.84. The number of halogens is 4. The Morgan fingerprint density at radius 2 is 1.89 bits per heavy atom. The number of carbonyl (C=O) groups is 1. The average molecular weight is 507 g/mol. The maximum Gasteiger partial charge on any atom is 0.416 e. The van der Waals surface area contributed by atoms with E-state index in [1.807, 2.05) is 39.0 Å². The molecule has 3 aromatic rings. The lowest BCUT2D eigenvalue weighted by Crippen LogP contribution is -2.39. The van der Waals surface area contributed by atoms with Crippen LogP contribution in [0.25, 0.3) is 16.6 Å². The molecule has 6 nitrogen and oxygen atoms in total. The molecule has 1 aliphatic rings. The van der Waals surface area contributed by atoms with Crippen LogP contribution in [0.1, 0.15) is 56.8 Å². The van der Waals surface area contributed by atoms with Gasteiger partial charge < -0.3 is 9.64 Å². The first-order valence-corrected chi connectivity index (χ1v) is 11.6. The topological polar surface area (TPSA) is 60.2 Å². The summed E-state index contributed by atoms with van der Waals surface area (Å²) in [6.45, 7) is 8.04. The zero-order valence-corrected chi connectivity index (χ0v) is 20.6. The molecule has 2 aromatic carbocycles. The number of alkyl halides is 3. The summed E-state index contributed by atoms with van der Waals surface area (Å²) in [7, 11) is 0. The van der Waals surface area contributed by atoms with Crippen LogP contribution in [0.3, 0.4) is 0 Å². The van der Waals surface area contributed by atoms with E-state index in [1.165, 1.54) is 16.8 Å². The molecule has 0 bridgehead atoms. The summed E-state index contributed by atoms with van der Waals surface area (Å²) in [5.41, 5.74) is 1.84. The lowest BCUT2D eigenvalue weighted by Gasteiger charge is -2.29. The molecular formula is C25H26ClF3N4O2. The molecule has 0 spiro atoms. The minimum absolute atomic E-state index is 0.0173. The quantitative estimate of drug-likeness (QED) is 0.395. The number of hydrogen-bond acceptors (Lipinski definition) is 4. The van der Waals surface area contributed by atoms with Crippen LogP contribution in [0.5, 0.6) is 0 Å². The van der Waals surface area contributed by atoms with Crippen molar-refractivity contribution in [1.82, 2.24) is 19.9 Å². The Bertz CT molecular complexity index is 1290. The van der Waals surface area contributed by atoms with Gasteiger partial charge in [-0.15, -0.1) is 5.10 Å². The number of hydrogen-bond donors (Lipinski definition) is 0. The summed E-state index contributed by atoms with van der Waals surface area (Å²) >= 11 is 5.84. The summed E-state index contributed by atoms with van der Waals surface area (Å²) < 4.78 is 48.0. The van der Waals surface area contributed by atoms with Crippen LogP contribution in [-0.2, 0) is 10.9 Å². The molecule has 1 unspecified atom stereocenters. The number of benzene rings is 2. The van der Waals surface area contributed by atoms with Gasteiger partial charge in [0.15, 0.2) is 0 Å². The van der Waals surface area contributed by atoms with Crippen molar-refractivity contribution >= 4 is 34.3 Å². The monoisotopic (exact) mass is 506 g/mol. The van der Waals surface area contributed by atoms with E-state index in [-0.39, 0.29) is 16.7 Å². The van der Waals surface area contributed by atoms with E-state index in [0.29, 0.717) is 30.5 Å². The number of amides is 1. The highest BCUT2D eigenvalue weighted by atomic mass is 35.5. The van der Waals surface area contributed by atoms with Crippen molar-refractivity contribution in [2.75, 3.05) is 13.1 Å². The third-order valence-corrected chi connectivity index (χ3v) is 6.08. The van der Waals surface area contributed by atoms with E-state index in [2.05, 4.69) is 10.3 Å².